The van der Waals surface area contributed by atoms with Crippen LogP contribution >= 0.6 is 0 Å². The minimum atomic E-state index is -1.14. The number of amides is 3. The lowest BCUT2D eigenvalue weighted by Crippen LogP contribution is -2.65. The van der Waals surface area contributed by atoms with Crippen LogP contribution in [0.3, 0.4) is 0 Å². The average molecular weight is 548 g/mol. The number of ether oxygens (including phenoxy) is 1. The van der Waals surface area contributed by atoms with E-state index in [4.69, 9.17) is 4.74 Å². The highest BCUT2D eigenvalue weighted by Gasteiger charge is 2.70. The molecule has 3 amide bonds. The highest BCUT2D eigenvalue weighted by molar-refractivity contribution is 6.02. The van der Waals surface area contributed by atoms with E-state index in [9.17, 15) is 14.4 Å². The summed E-state index contributed by atoms with van der Waals surface area (Å²) in [5, 5.41) is 6.47. The van der Waals surface area contributed by atoms with Crippen molar-refractivity contribution in [1.82, 2.24) is 10.2 Å². The van der Waals surface area contributed by atoms with Gasteiger partial charge in [-0.2, -0.15) is 0 Å². The van der Waals surface area contributed by atoms with E-state index in [0.717, 1.165) is 49.8 Å². The maximum atomic E-state index is 14.6. The number of aryl methyl sites for hydroxylation is 1. The number of benzene rings is 1. The molecule has 7 heteroatoms. The van der Waals surface area contributed by atoms with Gasteiger partial charge in [0, 0.05) is 23.7 Å². The zero-order valence-corrected chi connectivity index (χ0v) is 24.4. The molecule has 3 aliphatic heterocycles. The monoisotopic (exact) mass is 547 g/mol. The molecule has 10 unspecified atom stereocenters. The van der Waals surface area contributed by atoms with Crippen molar-refractivity contribution in [2.24, 2.45) is 35.5 Å². The second-order valence-corrected chi connectivity index (χ2v) is 13.4. The van der Waals surface area contributed by atoms with Gasteiger partial charge in [0.2, 0.25) is 17.7 Å². The highest BCUT2D eigenvalue weighted by atomic mass is 16.5. The van der Waals surface area contributed by atoms with Crippen molar-refractivity contribution in [2.45, 2.75) is 96.4 Å². The Bertz CT molecular complexity index is 1200. The third kappa shape index (κ3) is 4.49. The molecule has 1 aromatic rings. The van der Waals surface area contributed by atoms with Crippen molar-refractivity contribution in [1.29, 1.82) is 0 Å². The van der Waals surface area contributed by atoms with Crippen LogP contribution in [0.1, 0.15) is 71.3 Å². The van der Waals surface area contributed by atoms with E-state index in [1.165, 1.54) is 6.42 Å². The van der Waals surface area contributed by atoms with Gasteiger partial charge in [0.15, 0.2) is 0 Å². The molecule has 0 aromatic heterocycles. The van der Waals surface area contributed by atoms with Gasteiger partial charge in [0.1, 0.15) is 11.6 Å². The van der Waals surface area contributed by atoms with Crippen LogP contribution in [0.4, 0.5) is 5.69 Å². The molecule has 6 aliphatic rings. The lowest BCUT2D eigenvalue weighted by atomic mass is 9.64. The number of likely N-dealkylation sites (tertiary alicyclic amines) is 1. The smallest absolute Gasteiger partial charge is 0.246 e. The maximum absolute atomic E-state index is 14.6. The van der Waals surface area contributed by atoms with Gasteiger partial charge in [-0.3, -0.25) is 14.4 Å². The number of rotatable bonds is 5. The summed E-state index contributed by atoms with van der Waals surface area (Å²) in [6.07, 6.45) is 11.4. The van der Waals surface area contributed by atoms with Crippen LogP contribution in [-0.2, 0) is 19.1 Å². The highest BCUT2D eigenvalue weighted by Crippen LogP contribution is 2.55. The fraction of sp³-hybridized carbons (Fsp3) is 0.667. The molecule has 216 valence electrons. The first kappa shape index (κ1) is 27.5. The zero-order valence-electron chi connectivity index (χ0n) is 24.4. The first-order chi connectivity index (χ1) is 19.2. The quantitative estimate of drug-likeness (QED) is 0.516. The molecule has 7 nitrogen and oxygen atoms in total. The van der Waals surface area contributed by atoms with E-state index < -0.39 is 23.5 Å². The lowest BCUT2D eigenvalue weighted by molar-refractivity contribution is -0.164. The summed E-state index contributed by atoms with van der Waals surface area (Å²) in [4.78, 5) is 44.8. The largest absolute Gasteiger partial charge is 0.367 e. The summed E-state index contributed by atoms with van der Waals surface area (Å²) in [7, 11) is 0. The molecule has 1 spiro atoms. The summed E-state index contributed by atoms with van der Waals surface area (Å²) >= 11 is 0. The van der Waals surface area contributed by atoms with Crippen molar-refractivity contribution < 1.29 is 19.1 Å². The standard InChI is InChI=1S/C33H45N3O4/c1-19-9-7-12-24(17-19)34-30(37)27-23-15-16-33(40-18-23)28(27)32(39)36(26-14-8-11-20(2)22(26)4)29(33)31(38)35-25-13-6-5-10-21(25)3/h7,9,12,15-17,20-23,25-29H,5-6,8,10-11,13-14,18H2,1-4H3,(H,34,37)(H,35,38). The number of anilines is 1. The second-order valence-electron chi connectivity index (χ2n) is 13.4. The van der Waals surface area contributed by atoms with E-state index in [0.29, 0.717) is 18.4 Å². The Kier molecular flexibility index (Phi) is 7.30. The minimum absolute atomic E-state index is 0.0488. The third-order valence-corrected chi connectivity index (χ3v) is 11.0. The van der Waals surface area contributed by atoms with Crippen LogP contribution < -0.4 is 10.6 Å². The molecule has 40 heavy (non-hydrogen) atoms. The molecule has 3 heterocycles. The number of hydrogen-bond donors (Lipinski definition) is 2. The summed E-state index contributed by atoms with van der Waals surface area (Å²) in [5.74, 6) is -0.771. The second kappa shape index (κ2) is 10.6. The molecule has 10 atom stereocenters. The lowest BCUT2D eigenvalue weighted by Gasteiger charge is -2.49. The third-order valence-electron chi connectivity index (χ3n) is 11.0. The maximum Gasteiger partial charge on any atom is 0.246 e. The van der Waals surface area contributed by atoms with E-state index >= 15 is 0 Å². The molecule has 3 aliphatic carbocycles. The molecule has 2 bridgehead atoms. The van der Waals surface area contributed by atoms with Gasteiger partial charge in [-0.1, -0.05) is 70.7 Å². The molecular weight excluding hydrogens is 502 g/mol. The Balaban J connectivity index is 1.37. The van der Waals surface area contributed by atoms with Crippen molar-refractivity contribution in [3.8, 4) is 0 Å². The summed E-state index contributed by atoms with van der Waals surface area (Å²) in [6, 6.07) is 7.00. The van der Waals surface area contributed by atoms with E-state index in [1.807, 2.05) is 48.2 Å². The van der Waals surface area contributed by atoms with Gasteiger partial charge in [-0.05, 0) is 61.6 Å². The number of hydrogen-bond acceptors (Lipinski definition) is 4. The zero-order chi connectivity index (χ0) is 28.2. The Morgan fingerprint density at radius 1 is 1.00 bits per heavy atom. The predicted octanol–water partition coefficient (Wildman–Crippen LogP) is 4.85. The minimum Gasteiger partial charge on any atom is -0.367 e. The molecule has 2 N–H and O–H groups in total. The SMILES string of the molecule is Cc1cccc(NC(=O)C2C3C=CC4(OC3)C2C(=O)N(C2CCCC(C)C2C)C4C(=O)NC2CCCCC2C)c1. The van der Waals surface area contributed by atoms with Crippen molar-refractivity contribution in [2.75, 3.05) is 11.9 Å². The van der Waals surface area contributed by atoms with Crippen LogP contribution in [0.15, 0.2) is 36.4 Å². The van der Waals surface area contributed by atoms with Gasteiger partial charge >= 0.3 is 0 Å². The van der Waals surface area contributed by atoms with Crippen LogP contribution in [0.2, 0.25) is 0 Å². The van der Waals surface area contributed by atoms with Crippen molar-refractivity contribution in [3.63, 3.8) is 0 Å². The van der Waals surface area contributed by atoms with E-state index in [1.54, 1.807) is 0 Å². The van der Waals surface area contributed by atoms with Crippen LogP contribution in [-0.4, -0.2) is 53.0 Å². The predicted molar refractivity (Wildman–Crippen MR) is 154 cm³/mol. The Morgan fingerprint density at radius 2 is 1.77 bits per heavy atom. The Labute approximate surface area is 238 Å². The Hall–Kier alpha value is -2.67. The van der Waals surface area contributed by atoms with Crippen molar-refractivity contribution in [3.05, 3.63) is 42.0 Å². The van der Waals surface area contributed by atoms with Gasteiger partial charge in [0.25, 0.3) is 0 Å². The molecular formula is C33H45N3O4. The van der Waals surface area contributed by atoms with Crippen molar-refractivity contribution >= 4 is 23.4 Å². The number of nitrogens with one attached hydrogen (secondary N) is 2. The molecule has 2 saturated carbocycles. The normalized spacial score (nSPS) is 40.5. The fourth-order valence-corrected chi connectivity index (χ4v) is 8.47. The number of fused-ring (bicyclic) bond motifs is 1. The van der Waals surface area contributed by atoms with E-state index in [-0.39, 0.29) is 41.6 Å². The van der Waals surface area contributed by atoms with Crippen LogP contribution in [0.5, 0.6) is 0 Å². The van der Waals surface area contributed by atoms with Gasteiger partial charge < -0.3 is 20.3 Å². The number of nitrogens with zero attached hydrogens (tertiary/aromatic N) is 1. The topological polar surface area (TPSA) is 87.7 Å². The molecule has 0 radical (unpaired) electrons. The Morgan fingerprint density at radius 3 is 2.50 bits per heavy atom. The van der Waals surface area contributed by atoms with Crippen LogP contribution in [0.25, 0.3) is 0 Å². The van der Waals surface area contributed by atoms with Gasteiger partial charge in [-0.25, -0.2) is 0 Å². The average Bonchev–Trinajstić information content (AvgIpc) is 3.20. The van der Waals surface area contributed by atoms with E-state index in [2.05, 4.69) is 31.4 Å². The van der Waals surface area contributed by atoms with Gasteiger partial charge in [-0.15, -0.1) is 0 Å². The molecule has 1 aromatic carbocycles. The summed E-state index contributed by atoms with van der Waals surface area (Å²) in [6.45, 7) is 9.00. The number of carbonyl (C=O) groups excluding carboxylic acids is 3. The summed E-state index contributed by atoms with van der Waals surface area (Å²) in [5.41, 5.74) is 0.644. The summed E-state index contributed by atoms with van der Waals surface area (Å²) < 4.78 is 6.55. The van der Waals surface area contributed by atoms with Gasteiger partial charge in [0.05, 0.1) is 18.4 Å². The molecule has 2 saturated heterocycles. The van der Waals surface area contributed by atoms with Crippen LogP contribution in [0, 0.1) is 42.4 Å². The first-order valence-corrected chi connectivity index (χ1v) is 15.5. The number of carbonyl (C=O) groups is 3. The fourth-order valence-electron chi connectivity index (χ4n) is 8.47. The molecule has 7 rings (SSSR count). The first-order valence-electron chi connectivity index (χ1n) is 15.5. The molecule has 4 fully saturated rings.